The highest BCUT2D eigenvalue weighted by atomic mass is 15.1. The van der Waals surface area contributed by atoms with E-state index < -0.39 is 0 Å². The fourth-order valence-corrected chi connectivity index (χ4v) is 3.35. The van der Waals surface area contributed by atoms with Gasteiger partial charge in [-0.3, -0.25) is 5.10 Å². The molecule has 0 radical (unpaired) electrons. The topological polar surface area (TPSA) is 62.3 Å². The highest BCUT2D eigenvalue weighted by Crippen LogP contribution is 2.31. The van der Waals surface area contributed by atoms with E-state index in [9.17, 15) is 0 Å². The summed E-state index contributed by atoms with van der Waals surface area (Å²) in [6.45, 7) is 2.01. The molecule has 0 aliphatic rings. The van der Waals surface area contributed by atoms with E-state index in [0.29, 0.717) is 0 Å². The smallest absolute Gasteiger partial charge is 0.116 e. The number of nitrogens with zero attached hydrogens (tertiary/aromatic N) is 3. The van der Waals surface area contributed by atoms with Crippen molar-refractivity contribution in [3.05, 3.63) is 60.6 Å². The Morgan fingerprint density at radius 1 is 1.00 bits per heavy atom. The predicted octanol–water partition coefficient (Wildman–Crippen LogP) is 4.42. The maximum atomic E-state index is 4.54. The quantitative estimate of drug-likeness (QED) is 0.504. The summed E-state index contributed by atoms with van der Waals surface area (Å²) < 4.78 is 2.10. The summed E-state index contributed by atoms with van der Waals surface area (Å²) in [4.78, 5) is 7.87. The molecule has 25 heavy (non-hydrogen) atoms. The van der Waals surface area contributed by atoms with Crippen molar-refractivity contribution in [3.8, 4) is 22.6 Å². The van der Waals surface area contributed by atoms with Gasteiger partial charge in [-0.25, -0.2) is 4.98 Å². The first-order valence-electron chi connectivity index (χ1n) is 8.25. The van der Waals surface area contributed by atoms with Crippen LogP contribution in [0.3, 0.4) is 0 Å². The SMILES string of the molecule is Cc1ncc(-c2ccc3[nH]nc(-c4cc5ccccc5[nH]4)c3c2)n1C. The van der Waals surface area contributed by atoms with E-state index >= 15 is 0 Å². The van der Waals surface area contributed by atoms with Gasteiger partial charge in [0, 0.05) is 28.9 Å². The predicted molar refractivity (Wildman–Crippen MR) is 100 cm³/mol. The lowest BCUT2D eigenvalue weighted by Gasteiger charge is -2.04. The summed E-state index contributed by atoms with van der Waals surface area (Å²) in [6.07, 6.45) is 1.92. The molecule has 5 aromatic rings. The molecule has 5 nitrogen and oxygen atoms in total. The number of imidazole rings is 1. The fourth-order valence-electron chi connectivity index (χ4n) is 3.35. The maximum absolute atomic E-state index is 4.54. The molecule has 0 saturated carbocycles. The first kappa shape index (κ1) is 14.0. The van der Waals surface area contributed by atoms with Crippen molar-refractivity contribution in [1.29, 1.82) is 0 Å². The molecule has 0 bridgehead atoms. The van der Waals surface area contributed by atoms with Crippen molar-refractivity contribution in [2.45, 2.75) is 6.92 Å². The van der Waals surface area contributed by atoms with E-state index in [0.717, 1.165) is 44.9 Å². The second-order valence-electron chi connectivity index (χ2n) is 6.35. The van der Waals surface area contributed by atoms with Crippen LogP contribution < -0.4 is 0 Å². The molecule has 0 atom stereocenters. The minimum atomic E-state index is 0.937. The lowest BCUT2D eigenvalue weighted by Crippen LogP contribution is -1.94. The average Bonchev–Trinajstić information content (AvgIpc) is 3.31. The number of hydrogen-bond donors (Lipinski definition) is 2. The number of nitrogens with one attached hydrogen (secondary N) is 2. The Hall–Kier alpha value is -3.34. The van der Waals surface area contributed by atoms with Crippen molar-refractivity contribution < 1.29 is 0 Å². The lowest BCUT2D eigenvalue weighted by atomic mass is 10.1. The van der Waals surface area contributed by atoms with Crippen LogP contribution in [-0.4, -0.2) is 24.7 Å². The van der Waals surface area contributed by atoms with E-state index in [1.165, 1.54) is 5.39 Å². The Morgan fingerprint density at radius 3 is 2.68 bits per heavy atom. The summed E-state index contributed by atoms with van der Waals surface area (Å²) >= 11 is 0. The number of rotatable bonds is 2. The molecule has 122 valence electrons. The van der Waals surface area contributed by atoms with Crippen molar-refractivity contribution in [1.82, 2.24) is 24.7 Å². The van der Waals surface area contributed by atoms with Gasteiger partial charge >= 0.3 is 0 Å². The van der Waals surface area contributed by atoms with Crippen LogP contribution in [0.5, 0.6) is 0 Å². The first-order valence-corrected chi connectivity index (χ1v) is 8.25. The maximum Gasteiger partial charge on any atom is 0.116 e. The minimum Gasteiger partial charge on any atom is -0.353 e. The van der Waals surface area contributed by atoms with Crippen LogP contribution in [0, 0.1) is 6.92 Å². The summed E-state index contributed by atoms with van der Waals surface area (Å²) in [7, 11) is 2.04. The van der Waals surface area contributed by atoms with Gasteiger partial charge < -0.3 is 9.55 Å². The standard InChI is InChI=1S/C20H17N5/c1-12-21-11-19(25(12)2)14-7-8-17-15(9-14)20(24-23-17)18-10-13-5-3-4-6-16(13)22-18/h3-11,22H,1-2H3,(H,23,24). The number of para-hydroxylation sites is 1. The van der Waals surface area contributed by atoms with Crippen LogP contribution in [0.1, 0.15) is 5.82 Å². The molecule has 0 amide bonds. The number of aromatic nitrogens is 5. The molecule has 0 saturated heterocycles. The molecular formula is C20H17N5. The Labute approximate surface area is 144 Å². The largest absolute Gasteiger partial charge is 0.353 e. The summed E-state index contributed by atoms with van der Waals surface area (Å²) in [6, 6.07) is 16.8. The van der Waals surface area contributed by atoms with Gasteiger partial charge in [0.1, 0.15) is 11.5 Å². The number of H-pyrrole nitrogens is 2. The van der Waals surface area contributed by atoms with Gasteiger partial charge in [0.05, 0.1) is 23.1 Å². The van der Waals surface area contributed by atoms with E-state index in [2.05, 4.69) is 61.1 Å². The third-order valence-corrected chi connectivity index (χ3v) is 4.86. The number of fused-ring (bicyclic) bond motifs is 2. The molecular weight excluding hydrogens is 310 g/mol. The molecule has 0 spiro atoms. The van der Waals surface area contributed by atoms with Gasteiger partial charge in [0.2, 0.25) is 0 Å². The molecule has 2 N–H and O–H groups in total. The number of benzene rings is 2. The zero-order chi connectivity index (χ0) is 17.0. The molecule has 0 fully saturated rings. The van der Waals surface area contributed by atoms with Crippen LogP contribution >= 0.6 is 0 Å². The van der Waals surface area contributed by atoms with Crippen LogP contribution in [0.25, 0.3) is 44.5 Å². The molecule has 3 aromatic heterocycles. The molecule has 2 aromatic carbocycles. The Balaban J connectivity index is 1.71. The highest BCUT2D eigenvalue weighted by Gasteiger charge is 2.13. The van der Waals surface area contributed by atoms with Crippen LogP contribution in [0.15, 0.2) is 54.7 Å². The van der Waals surface area contributed by atoms with Gasteiger partial charge in [-0.15, -0.1) is 0 Å². The van der Waals surface area contributed by atoms with Crippen molar-refractivity contribution in [3.63, 3.8) is 0 Å². The zero-order valence-electron chi connectivity index (χ0n) is 14.0. The number of aryl methyl sites for hydroxylation is 1. The lowest BCUT2D eigenvalue weighted by molar-refractivity contribution is 0.865. The number of aromatic amines is 2. The summed E-state index contributed by atoms with van der Waals surface area (Å²) in [5.74, 6) is 0.998. The molecule has 0 aliphatic heterocycles. The molecule has 0 aliphatic carbocycles. The monoisotopic (exact) mass is 327 g/mol. The third-order valence-electron chi connectivity index (χ3n) is 4.86. The summed E-state index contributed by atoms with van der Waals surface area (Å²) in [5, 5.41) is 9.97. The van der Waals surface area contributed by atoms with E-state index in [4.69, 9.17) is 0 Å². The second-order valence-corrected chi connectivity index (χ2v) is 6.35. The normalized spacial score (nSPS) is 11.6. The van der Waals surface area contributed by atoms with E-state index in [1.807, 2.05) is 32.3 Å². The van der Waals surface area contributed by atoms with Gasteiger partial charge in [0.15, 0.2) is 0 Å². The van der Waals surface area contributed by atoms with Crippen molar-refractivity contribution >= 4 is 21.8 Å². The van der Waals surface area contributed by atoms with Gasteiger partial charge in [-0.2, -0.15) is 5.10 Å². The molecule has 3 heterocycles. The minimum absolute atomic E-state index is 0.937. The Bertz CT molecular complexity index is 1190. The van der Waals surface area contributed by atoms with Crippen LogP contribution in [0.4, 0.5) is 0 Å². The third kappa shape index (κ3) is 2.09. The van der Waals surface area contributed by atoms with Gasteiger partial charge in [-0.1, -0.05) is 24.3 Å². The van der Waals surface area contributed by atoms with Crippen LogP contribution in [0.2, 0.25) is 0 Å². The van der Waals surface area contributed by atoms with Gasteiger partial charge in [0.25, 0.3) is 0 Å². The second kappa shape index (κ2) is 5.08. The van der Waals surface area contributed by atoms with Crippen LogP contribution in [-0.2, 0) is 7.05 Å². The van der Waals surface area contributed by atoms with Crippen molar-refractivity contribution in [2.24, 2.45) is 7.05 Å². The van der Waals surface area contributed by atoms with Crippen molar-refractivity contribution in [2.75, 3.05) is 0 Å². The fraction of sp³-hybridized carbons (Fsp3) is 0.100. The molecule has 5 heteroatoms. The Kier molecular flexibility index (Phi) is 2.85. The summed E-state index contributed by atoms with van der Waals surface area (Å²) in [5.41, 5.74) is 6.33. The van der Waals surface area contributed by atoms with E-state index in [-0.39, 0.29) is 0 Å². The average molecular weight is 327 g/mol. The molecule has 0 unspecified atom stereocenters. The highest BCUT2D eigenvalue weighted by molar-refractivity contribution is 5.97. The Morgan fingerprint density at radius 2 is 1.88 bits per heavy atom. The number of hydrogen-bond acceptors (Lipinski definition) is 2. The zero-order valence-corrected chi connectivity index (χ0v) is 14.0. The van der Waals surface area contributed by atoms with E-state index in [1.54, 1.807) is 0 Å². The first-order chi connectivity index (χ1) is 12.2. The van der Waals surface area contributed by atoms with Gasteiger partial charge in [-0.05, 0) is 31.2 Å². The molecule has 5 rings (SSSR count).